The van der Waals surface area contributed by atoms with E-state index in [1.807, 2.05) is 0 Å². The van der Waals surface area contributed by atoms with Gasteiger partial charge in [0.05, 0.1) is 0 Å². The second kappa shape index (κ2) is 3.13. The van der Waals surface area contributed by atoms with Gasteiger partial charge in [-0.2, -0.15) is 13.2 Å². The molecule has 0 aromatic carbocycles. The van der Waals surface area contributed by atoms with Crippen LogP contribution < -0.4 is 5.32 Å². The summed E-state index contributed by atoms with van der Waals surface area (Å²) in [4.78, 5) is 0.590. The first-order chi connectivity index (χ1) is 6.05. The third-order valence-electron chi connectivity index (χ3n) is 2.60. The van der Waals surface area contributed by atoms with Crippen LogP contribution >= 0.6 is 0 Å². The number of rotatable bonds is 2. The van der Waals surface area contributed by atoms with Gasteiger partial charge in [-0.25, -0.2) is 4.90 Å². The van der Waals surface area contributed by atoms with Crippen LogP contribution in [-0.4, -0.2) is 36.4 Å². The molecule has 1 N–H and O–H groups in total. The van der Waals surface area contributed by atoms with E-state index < -0.39 is 6.30 Å². The highest BCUT2D eigenvalue weighted by Gasteiger charge is 2.42. The maximum Gasteiger partial charge on any atom is 0.459 e. The van der Waals surface area contributed by atoms with Crippen molar-refractivity contribution < 1.29 is 13.2 Å². The highest BCUT2D eigenvalue weighted by molar-refractivity contribution is 4.89. The molecule has 76 valence electrons. The van der Waals surface area contributed by atoms with Crippen LogP contribution in [0.15, 0.2) is 0 Å². The Morgan fingerprint density at radius 1 is 1.08 bits per heavy atom. The number of hydrogen-bond acceptors (Lipinski definition) is 2. The molecule has 1 heterocycles. The molecule has 0 unspecified atom stereocenters. The van der Waals surface area contributed by atoms with E-state index in [9.17, 15) is 13.2 Å². The number of nitrogens with zero attached hydrogens (tertiary/aromatic N) is 1. The zero-order valence-electron chi connectivity index (χ0n) is 7.27. The summed E-state index contributed by atoms with van der Waals surface area (Å²) in [6, 6.07) is 0.548. The van der Waals surface area contributed by atoms with Gasteiger partial charge >= 0.3 is 6.30 Å². The summed E-state index contributed by atoms with van der Waals surface area (Å²) in [5.74, 6) is 0. The van der Waals surface area contributed by atoms with Crippen LogP contribution in [0, 0.1) is 0 Å². The molecule has 0 radical (unpaired) electrons. The quantitative estimate of drug-likeness (QED) is 0.667. The summed E-state index contributed by atoms with van der Waals surface area (Å²) in [5, 5.41) is 3.21. The molecule has 2 aliphatic rings. The summed E-state index contributed by atoms with van der Waals surface area (Å²) in [6.07, 6.45) is -1.26. The molecular weight excluding hydrogens is 181 g/mol. The van der Waals surface area contributed by atoms with Crippen molar-refractivity contribution in [2.45, 2.75) is 37.6 Å². The molecule has 0 bridgehead atoms. The van der Waals surface area contributed by atoms with E-state index in [-0.39, 0.29) is 19.1 Å². The molecule has 2 fully saturated rings. The van der Waals surface area contributed by atoms with E-state index in [2.05, 4.69) is 5.32 Å². The summed E-state index contributed by atoms with van der Waals surface area (Å²) in [7, 11) is 0. The van der Waals surface area contributed by atoms with E-state index in [1.54, 1.807) is 0 Å². The summed E-state index contributed by atoms with van der Waals surface area (Å²) >= 11 is 0. The van der Waals surface area contributed by atoms with Gasteiger partial charge in [0.1, 0.15) is 0 Å². The molecule has 0 amide bonds. The number of likely N-dealkylation sites (tertiary alicyclic amines) is 1. The highest BCUT2D eigenvalue weighted by atomic mass is 19.4. The van der Waals surface area contributed by atoms with Crippen LogP contribution in [-0.2, 0) is 0 Å². The summed E-state index contributed by atoms with van der Waals surface area (Å²) in [5.41, 5.74) is 0. The first-order valence-electron chi connectivity index (χ1n) is 4.63. The summed E-state index contributed by atoms with van der Waals surface area (Å²) in [6.45, 7) is 0.272. The van der Waals surface area contributed by atoms with Crippen molar-refractivity contribution in [3.05, 3.63) is 0 Å². The smallest absolute Gasteiger partial charge is 0.310 e. The minimum atomic E-state index is -4.14. The van der Waals surface area contributed by atoms with Gasteiger partial charge in [0.2, 0.25) is 0 Å². The molecule has 1 saturated carbocycles. The Kier molecular flexibility index (Phi) is 2.23. The number of alkyl halides is 3. The largest absolute Gasteiger partial charge is 0.459 e. The Labute approximate surface area is 75.1 Å². The van der Waals surface area contributed by atoms with Crippen molar-refractivity contribution >= 4 is 0 Å². The van der Waals surface area contributed by atoms with Crippen LogP contribution in [0.4, 0.5) is 13.2 Å². The molecule has 1 saturated heterocycles. The predicted octanol–water partition coefficient (Wildman–Crippen LogP) is 1.33. The van der Waals surface area contributed by atoms with Gasteiger partial charge in [-0.05, 0) is 19.3 Å². The van der Waals surface area contributed by atoms with E-state index in [1.165, 1.54) is 0 Å². The van der Waals surface area contributed by atoms with Crippen LogP contribution in [0.25, 0.3) is 0 Å². The number of halogens is 3. The van der Waals surface area contributed by atoms with Gasteiger partial charge in [-0.3, -0.25) is 0 Å². The molecule has 0 aromatic heterocycles. The molecule has 1 atom stereocenters. The van der Waals surface area contributed by atoms with Gasteiger partial charge in [0, 0.05) is 25.2 Å². The van der Waals surface area contributed by atoms with Crippen molar-refractivity contribution in [2.75, 3.05) is 13.1 Å². The Hall–Kier alpha value is -0.290. The average Bonchev–Trinajstić information content (AvgIpc) is 2.63. The molecule has 2 rings (SSSR count). The lowest BCUT2D eigenvalue weighted by Crippen LogP contribution is -2.39. The fourth-order valence-corrected chi connectivity index (χ4v) is 1.71. The lowest BCUT2D eigenvalue weighted by molar-refractivity contribution is -0.238. The Balaban J connectivity index is 1.79. The van der Waals surface area contributed by atoms with E-state index in [0.717, 1.165) is 12.8 Å². The van der Waals surface area contributed by atoms with Crippen LogP contribution in [0.1, 0.15) is 19.3 Å². The maximum absolute atomic E-state index is 12.2. The Morgan fingerprint density at radius 2 is 1.77 bits per heavy atom. The third-order valence-corrected chi connectivity index (χ3v) is 2.60. The normalized spacial score (nSPS) is 31.2. The highest BCUT2D eigenvalue weighted by Crippen LogP contribution is 2.27. The zero-order valence-corrected chi connectivity index (χ0v) is 7.27. The van der Waals surface area contributed by atoms with Crippen molar-refractivity contribution in [1.29, 1.82) is 0 Å². The second-order valence-electron chi connectivity index (χ2n) is 3.84. The number of nitrogens with one attached hydrogen (secondary N) is 1. The predicted molar refractivity (Wildman–Crippen MR) is 42.2 cm³/mol. The van der Waals surface area contributed by atoms with Crippen molar-refractivity contribution in [3.63, 3.8) is 0 Å². The molecule has 13 heavy (non-hydrogen) atoms. The van der Waals surface area contributed by atoms with Gasteiger partial charge in [0.15, 0.2) is 0 Å². The maximum atomic E-state index is 12.2. The lowest BCUT2D eigenvalue weighted by atomic mass is 10.2. The SMILES string of the molecule is FC(F)(F)N1CC[C@@H](NC2CC2)C1. The van der Waals surface area contributed by atoms with Gasteiger partial charge in [-0.15, -0.1) is 0 Å². The van der Waals surface area contributed by atoms with Crippen molar-refractivity contribution in [1.82, 2.24) is 10.2 Å². The van der Waals surface area contributed by atoms with Gasteiger partial charge in [0.25, 0.3) is 0 Å². The zero-order chi connectivity index (χ0) is 9.47. The average molecular weight is 194 g/mol. The van der Waals surface area contributed by atoms with Gasteiger partial charge in [-0.1, -0.05) is 0 Å². The topological polar surface area (TPSA) is 15.3 Å². The molecular formula is C8H13F3N2. The lowest BCUT2D eigenvalue weighted by Gasteiger charge is -2.19. The third kappa shape index (κ3) is 2.34. The van der Waals surface area contributed by atoms with Crippen LogP contribution in [0.3, 0.4) is 0 Å². The number of hydrogen-bond donors (Lipinski definition) is 1. The molecule has 0 aromatic rings. The van der Waals surface area contributed by atoms with Crippen molar-refractivity contribution in [3.8, 4) is 0 Å². The van der Waals surface area contributed by atoms with Crippen molar-refractivity contribution in [2.24, 2.45) is 0 Å². The molecule has 1 aliphatic carbocycles. The van der Waals surface area contributed by atoms with E-state index in [0.29, 0.717) is 17.4 Å². The fraction of sp³-hybridized carbons (Fsp3) is 1.00. The molecule has 2 nitrogen and oxygen atoms in total. The van der Waals surface area contributed by atoms with Crippen LogP contribution in [0.5, 0.6) is 0 Å². The molecule has 0 spiro atoms. The van der Waals surface area contributed by atoms with Gasteiger partial charge < -0.3 is 5.32 Å². The molecule has 5 heteroatoms. The molecule has 1 aliphatic heterocycles. The Morgan fingerprint density at radius 3 is 2.23 bits per heavy atom. The summed E-state index contributed by atoms with van der Waals surface area (Å²) < 4.78 is 36.6. The Bertz CT molecular complexity index is 188. The first kappa shape index (κ1) is 9.27. The minimum absolute atomic E-state index is 0.0501. The van der Waals surface area contributed by atoms with E-state index >= 15 is 0 Å². The monoisotopic (exact) mass is 194 g/mol. The first-order valence-corrected chi connectivity index (χ1v) is 4.63. The fourth-order valence-electron chi connectivity index (χ4n) is 1.71. The standard InChI is InChI=1S/C8H13F3N2/c9-8(10,11)13-4-3-7(5-13)12-6-1-2-6/h6-7,12H,1-5H2/t7-/m1/s1. The minimum Gasteiger partial charge on any atom is -0.310 e. The van der Waals surface area contributed by atoms with E-state index in [4.69, 9.17) is 0 Å². The van der Waals surface area contributed by atoms with Crippen LogP contribution in [0.2, 0.25) is 0 Å². The second-order valence-corrected chi connectivity index (χ2v) is 3.84.